The number of nitrogens with two attached hydrogens (primary N) is 1. The fraction of sp³-hybridized carbons (Fsp3) is 0.182. The van der Waals surface area contributed by atoms with E-state index in [-0.39, 0.29) is 5.91 Å². The highest BCUT2D eigenvalue weighted by atomic mass is 16.2. The second-order valence-electron chi connectivity index (χ2n) is 3.74. The first-order valence-corrected chi connectivity index (χ1v) is 5.09. The quantitative estimate of drug-likeness (QED) is 0.806. The van der Waals surface area contributed by atoms with Crippen molar-refractivity contribution < 1.29 is 4.79 Å². The van der Waals surface area contributed by atoms with Crippen LogP contribution in [-0.4, -0.2) is 20.7 Å². The predicted molar refractivity (Wildman–Crippen MR) is 64.5 cm³/mol. The molecular formula is C11H13N5O. The van der Waals surface area contributed by atoms with Gasteiger partial charge in [-0.1, -0.05) is 0 Å². The molecule has 88 valence electrons. The van der Waals surface area contributed by atoms with E-state index in [1.165, 1.54) is 10.9 Å². The summed E-state index contributed by atoms with van der Waals surface area (Å²) in [7, 11) is 1.66. The number of anilines is 2. The number of amides is 1. The van der Waals surface area contributed by atoms with Crippen molar-refractivity contribution in [2.75, 3.05) is 11.1 Å². The van der Waals surface area contributed by atoms with Gasteiger partial charge in [0.25, 0.3) is 5.91 Å². The fourth-order valence-corrected chi connectivity index (χ4v) is 1.51. The van der Waals surface area contributed by atoms with Crippen LogP contribution in [0.5, 0.6) is 0 Å². The van der Waals surface area contributed by atoms with Gasteiger partial charge in [0.2, 0.25) is 0 Å². The van der Waals surface area contributed by atoms with E-state index in [4.69, 9.17) is 5.73 Å². The summed E-state index contributed by atoms with van der Waals surface area (Å²) in [5.41, 5.74) is 7.36. The number of hydrogen-bond acceptors (Lipinski definition) is 4. The molecular weight excluding hydrogens is 218 g/mol. The lowest BCUT2D eigenvalue weighted by molar-refractivity contribution is 0.101. The average Bonchev–Trinajstić information content (AvgIpc) is 2.58. The molecule has 0 saturated heterocycles. The first-order chi connectivity index (χ1) is 8.08. The summed E-state index contributed by atoms with van der Waals surface area (Å²) in [6.45, 7) is 1.93. The lowest BCUT2D eigenvalue weighted by Crippen LogP contribution is -2.18. The van der Waals surface area contributed by atoms with Crippen molar-refractivity contribution in [3.05, 3.63) is 35.8 Å². The Balaban J connectivity index is 2.23. The molecule has 0 bridgehead atoms. The molecule has 0 aliphatic heterocycles. The van der Waals surface area contributed by atoms with Gasteiger partial charge in [-0.25, -0.2) is 4.98 Å². The van der Waals surface area contributed by atoms with Gasteiger partial charge >= 0.3 is 0 Å². The molecule has 0 aliphatic rings. The molecule has 2 heterocycles. The maximum absolute atomic E-state index is 11.9. The minimum Gasteiger partial charge on any atom is -0.396 e. The van der Waals surface area contributed by atoms with E-state index in [1.54, 1.807) is 19.3 Å². The number of nitrogens with one attached hydrogen (secondary N) is 1. The topological polar surface area (TPSA) is 85.8 Å². The van der Waals surface area contributed by atoms with Crippen LogP contribution in [0.25, 0.3) is 0 Å². The number of pyridine rings is 1. The predicted octanol–water partition coefficient (Wildman–Crippen LogP) is 0.958. The van der Waals surface area contributed by atoms with Crippen LogP contribution >= 0.6 is 0 Å². The number of carbonyl (C=O) groups is 1. The second-order valence-corrected chi connectivity index (χ2v) is 3.74. The molecule has 0 saturated carbocycles. The minimum atomic E-state index is -0.319. The SMILES string of the molecule is Cc1ccnc(NC(=O)c2c(N)cnn2C)c1. The fourth-order valence-electron chi connectivity index (χ4n) is 1.51. The molecule has 0 aliphatic carbocycles. The normalized spacial score (nSPS) is 10.2. The Labute approximate surface area is 98.5 Å². The third-order valence-corrected chi connectivity index (χ3v) is 2.34. The minimum absolute atomic E-state index is 0.319. The van der Waals surface area contributed by atoms with Gasteiger partial charge in [0.15, 0.2) is 0 Å². The Bertz CT molecular complexity index is 541. The van der Waals surface area contributed by atoms with E-state index in [0.29, 0.717) is 17.2 Å². The van der Waals surface area contributed by atoms with Gasteiger partial charge in [0.1, 0.15) is 11.5 Å². The summed E-state index contributed by atoms with van der Waals surface area (Å²) in [5.74, 6) is 0.177. The van der Waals surface area contributed by atoms with Crippen molar-refractivity contribution in [2.24, 2.45) is 7.05 Å². The van der Waals surface area contributed by atoms with E-state index in [2.05, 4.69) is 15.4 Å². The summed E-state index contributed by atoms with van der Waals surface area (Å²) in [6, 6.07) is 3.64. The molecule has 0 unspecified atom stereocenters. The summed E-state index contributed by atoms with van der Waals surface area (Å²) >= 11 is 0. The smallest absolute Gasteiger partial charge is 0.277 e. The second kappa shape index (κ2) is 4.25. The average molecular weight is 231 g/mol. The number of aromatic nitrogens is 3. The van der Waals surface area contributed by atoms with E-state index in [9.17, 15) is 4.79 Å². The van der Waals surface area contributed by atoms with E-state index in [1.807, 2.05) is 13.0 Å². The van der Waals surface area contributed by atoms with Crippen molar-refractivity contribution in [1.29, 1.82) is 0 Å². The molecule has 17 heavy (non-hydrogen) atoms. The highest BCUT2D eigenvalue weighted by Crippen LogP contribution is 2.12. The number of rotatable bonds is 2. The van der Waals surface area contributed by atoms with Crippen LogP contribution in [-0.2, 0) is 7.05 Å². The molecule has 6 nitrogen and oxygen atoms in total. The van der Waals surface area contributed by atoms with Crippen molar-refractivity contribution in [3.63, 3.8) is 0 Å². The molecule has 0 fully saturated rings. The van der Waals surface area contributed by atoms with Crippen LogP contribution in [0, 0.1) is 6.92 Å². The Hall–Kier alpha value is -2.37. The Morgan fingerprint density at radius 1 is 1.53 bits per heavy atom. The van der Waals surface area contributed by atoms with Crippen molar-refractivity contribution in [3.8, 4) is 0 Å². The molecule has 2 aromatic heterocycles. The summed E-state index contributed by atoms with van der Waals surface area (Å²) < 4.78 is 1.43. The van der Waals surface area contributed by atoms with Crippen LogP contribution < -0.4 is 11.1 Å². The summed E-state index contributed by atoms with van der Waals surface area (Å²) in [6.07, 6.45) is 3.08. The molecule has 1 amide bonds. The standard InChI is InChI=1S/C11H13N5O/c1-7-3-4-13-9(5-7)15-11(17)10-8(12)6-14-16(10)2/h3-6H,12H2,1-2H3,(H,13,15,17). The molecule has 2 rings (SSSR count). The summed E-state index contributed by atoms with van der Waals surface area (Å²) in [5, 5.41) is 6.58. The third kappa shape index (κ3) is 2.25. The maximum Gasteiger partial charge on any atom is 0.277 e. The van der Waals surface area contributed by atoms with Crippen LogP contribution in [0.1, 0.15) is 16.1 Å². The van der Waals surface area contributed by atoms with Crippen molar-refractivity contribution in [2.45, 2.75) is 6.92 Å². The van der Waals surface area contributed by atoms with Crippen LogP contribution in [0.15, 0.2) is 24.5 Å². The number of aryl methyl sites for hydroxylation is 2. The van der Waals surface area contributed by atoms with Crippen molar-refractivity contribution >= 4 is 17.4 Å². The molecule has 0 aromatic carbocycles. The molecule has 0 atom stereocenters. The van der Waals surface area contributed by atoms with Gasteiger partial charge in [0.05, 0.1) is 11.9 Å². The van der Waals surface area contributed by atoms with Crippen LogP contribution in [0.4, 0.5) is 11.5 Å². The molecule has 6 heteroatoms. The highest BCUT2D eigenvalue weighted by molar-refractivity contribution is 6.05. The largest absolute Gasteiger partial charge is 0.396 e. The third-order valence-electron chi connectivity index (χ3n) is 2.34. The van der Waals surface area contributed by atoms with E-state index >= 15 is 0 Å². The molecule has 2 aromatic rings. The van der Waals surface area contributed by atoms with Gasteiger partial charge in [-0.2, -0.15) is 5.10 Å². The lowest BCUT2D eigenvalue weighted by Gasteiger charge is -2.05. The van der Waals surface area contributed by atoms with Crippen molar-refractivity contribution in [1.82, 2.24) is 14.8 Å². The number of nitrogen functional groups attached to an aromatic ring is 1. The van der Waals surface area contributed by atoms with Gasteiger partial charge in [-0.15, -0.1) is 0 Å². The molecule has 3 N–H and O–H groups in total. The monoisotopic (exact) mass is 231 g/mol. The maximum atomic E-state index is 11.9. The zero-order valence-corrected chi connectivity index (χ0v) is 9.64. The van der Waals surface area contributed by atoms with Crippen LogP contribution in [0.3, 0.4) is 0 Å². The zero-order valence-electron chi connectivity index (χ0n) is 9.64. The Kier molecular flexibility index (Phi) is 2.78. The van der Waals surface area contributed by atoms with Gasteiger partial charge in [0, 0.05) is 13.2 Å². The Morgan fingerprint density at radius 2 is 2.29 bits per heavy atom. The van der Waals surface area contributed by atoms with Gasteiger partial charge < -0.3 is 11.1 Å². The zero-order chi connectivity index (χ0) is 12.4. The number of nitrogens with zero attached hydrogens (tertiary/aromatic N) is 3. The van der Waals surface area contributed by atoms with E-state index < -0.39 is 0 Å². The molecule has 0 radical (unpaired) electrons. The number of carbonyl (C=O) groups excluding carboxylic acids is 1. The summed E-state index contributed by atoms with van der Waals surface area (Å²) in [4.78, 5) is 16.0. The first kappa shape index (κ1) is 11.1. The lowest BCUT2D eigenvalue weighted by atomic mass is 10.3. The Morgan fingerprint density at radius 3 is 2.88 bits per heavy atom. The first-order valence-electron chi connectivity index (χ1n) is 5.09. The highest BCUT2D eigenvalue weighted by Gasteiger charge is 2.15. The van der Waals surface area contributed by atoms with E-state index in [0.717, 1.165) is 5.56 Å². The molecule has 0 spiro atoms. The number of hydrogen-bond donors (Lipinski definition) is 2. The van der Waals surface area contributed by atoms with Gasteiger partial charge in [-0.05, 0) is 24.6 Å². The van der Waals surface area contributed by atoms with Gasteiger partial charge in [-0.3, -0.25) is 9.48 Å². The van der Waals surface area contributed by atoms with Crippen LogP contribution in [0.2, 0.25) is 0 Å².